The molecule has 1 aromatic carbocycles. The average molecular weight is 481 g/mol. The second-order valence-corrected chi connectivity index (χ2v) is 12.6. The van der Waals surface area contributed by atoms with Crippen LogP contribution in [0.4, 0.5) is 0 Å². The van der Waals surface area contributed by atoms with E-state index < -0.39 is 5.60 Å². The summed E-state index contributed by atoms with van der Waals surface area (Å²) in [6.07, 6.45) is 8.00. The topological polar surface area (TPSA) is 57.2 Å². The smallest absolute Gasteiger partial charge is 0.399 e. The van der Waals surface area contributed by atoms with Crippen LogP contribution in [0.3, 0.4) is 0 Å². The lowest BCUT2D eigenvalue weighted by Gasteiger charge is -2.36. The van der Waals surface area contributed by atoms with Crippen molar-refractivity contribution in [3.05, 3.63) is 29.8 Å². The van der Waals surface area contributed by atoms with E-state index in [1.165, 1.54) is 12.0 Å². The van der Waals surface area contributed by atoms with Crippen LogP contribution >= 0.6 is 0 Å². The molecule has 0 bridgehead atoms. The molecule has 1 unspecified atom stereocenters. The van der Waals surface area contributed by atoms with Gasteiger partial charge in [-0.05, 0) is 101 Å². The number of hydrogen-bond donors (Lipinski definition) is 0. The highest BCUT2D eigenvalue weighted by atomic mass is 16.7. The first-order valence-electron chi connectivity index (χ1n) is 13.7. The van der Waals surface area contributed by atoms with Gasteiger partial charge in [0.2, 0.25) is 0 Å². The Bertz CT molecular complexity index is 942. The number of amides is 1. The summed E-state index contributed by atoms with van der Waals surface area (Å²) in [5.74, 6) is 0.791. The van der Waals surface area contributed by atoms with E-state index in [4.69, 9.17) is 18.8 Å². The summed E-state index contributed by atoms with van der Waals surface area (Å²) in [5.41, 5.74) is 1.59. The summed E-state index contributed by atoms with van der Waals surface area (Å²) >= 11 is 0. The van der Waals surface area contributed by atoms with E-state index in [9.17, 15) is 4.79 Å². The highest BCUT2D eigenvalue weighted by molar-refractivity contribution is 6.62. The molecule has 6 nitrogen and oxygen atoms in total. The highest BCUT2D eigenvalue weighted by Crippen LogP contribution is 2.65. The SMILES string of the molecule is CC1(C)OB(c2ccc([C@H]3CC34CCN(C(=O)C3(OC5CCCCO5)CC3)CC4)cc2)OC1(C)C. The van der Waals surface area contributed by atoms with Crippen LogP contribution in [0.15, 0.2) is 24.3 Å². The zero-order valence-corrected chi connectivity index (χ0v) is 21.8. The van der Waals surface area contributed by atoms with Gasteiger partial charge in [-0.25, -0.2) is 0 Å². The van der Waals surface area contributed by atoms with Crippen molar-refractivity contribution in [3.63, 3.8) is 0 Å². The zero-order chi connectivity index (χ0) is 24.5. The van der Waals surface area contributed by atoms with Gasteiger partial charge >= 0.3 is 7.12 Å². The van der Waals surface area contributed by atoms with Gasteiger partial charge in [0, 0.05) is 19.7 Å². The quantitative estimate of drug-likeness (QED) is 0.592. The Morgan fingerprint density at radius 1 is 0.971 bits per heavy atom. The average Bonchev–Trinajstić information content (AvgIpc) is 3.75. The number of ether oxygens (including phenoxy) is 2. The van der Waals surface area contributed by atoms with Crippen LogP contribution in [0.25, 0.3) is 0 Å². The van der Waals surface area contributed by atoms with Gasteiger partial charge < -0.3 is 23.7 Å². The molecular weight excluding hydrogens is 441 g/mol. The zero-order valence-electron chi connectivity index (χ0n) is 21.8. The lowest BCUT2D eigenvalue weighted by molar-refractivity contribution is -0.205. The van der Waals surface area contributed by atoms with Crippen molar-refractivity contribution >= 4 is 18.5 Å². The molecule has 2 saturated carbocycles. The Labute approximate surface area is 210 Å². The molecule has 5 aliphatic rings. The minimum atomic E-state index is -0.598. The number of nitrogens with zero attached hydrogens (tertiary/aromatic N) is 1. The van der Waals surface area contributed by atoms with E-state index in [1.807, 2.05) is 0 Å². The van der Waals surface area contributed by atoms with E-state index >= 15 is 0 Å². The Morgan fingerprint density at radius 3 is 2.20 bits per heavy atom. The third-order valence-corrected chi connectivity index (χ3v) is 9.69. The molecule has 6 rings (SSSR count). The van der Waals surface area contributed by atoms with Crippen LogP contribution in [-0.4, -0.2) is 60.7 Å². The van der Waals surface area contributed by atoms with Crippen molar-refractivity contribution < 1.29 is 23.6 Å². The molecular formula is C28H40BNO5. The Hall–Kier alpha value is -1.41. The van der Waals surface area contributed by atoms with Crippen molar-refractivity contribution in [3.8, 4) is 0 Å². The van der Waals surface area contributed by atoms with E-state index in [-0.39, 0.29) is 30.5 Å². The predicted octanol–water partition coefficient (Wildman–Crippen LogP) is 4.16. The van der Waals surface area contributed by atoms with Crippen molar-refractivity contribution in [1.29, 1.82) is 0 Å². The van der Waals surface area contributed by atoms with Crippen molar-refractivity contribution in [2.75, 3.05) is 19.7 Å². The van der Waals surface area contributed by atoms with Gasteiger partial charge in [0.15, 0.2) is 6.29 Å². The van der Waals surface area contributed by atoms with Crippen LogP contribution in [0, 0.1) is 5.41 Å². The fraction of sp³-hybridized carbons (Fsp3) is 0.750. The summed E-state index contributed by atoms with van der Waals surface area (Å²) in [7, 11) is -0.313. The number of likely N-dealkylation sites (tertiary alicyclic amines) is 1. The van der Waals surface area contributed by atoms with E-state index in [2.05, 4.69) is 56.9 Å². The van der Waals surface area contributed by atoms with Crippen LogP contribution in [0.5, 0.6) is 0 Å². The van der Waals surface area contributed by atoms with E-state index in [1.54, 1.807) is 0 Å². The molecule has 35 heavy (non-hydrogen) atoms. The van der Waals surface area contributed by atoms with Gasteiger partial charge in [-0.2, -0.15) is 0 Å². The molecule has 5 fully saturated rings. The Kier molecular flexibility index (Phi) is 5.69. The Balaban J connectivity index is 1.04. The fourth-order valence-corrected chi connectivity index (χ4v) is 6.23. The maximum Gasteiger partial charge on any atom is 0.494 e. The summed E-state index contributed by atoms with van der Waals surface area (Å²) in [6.45, 7) is 10.8. The van der Waals surface area contributed by atoms with Gasteiger partial charge in [-0.3, -0.25) is 4.79 Å². The summed E-state index contributed by atoms with van der Waals surface area (Å²) in [6, 6.07) is 8.86. The molecule has 2 atom stereocenters. The Morgan fingerprint density at radius 2 is 1.63 bits per heavy atom. The molecule has 7 heteroatoms. The molecule has 1 spiro atoms. The minimum Gasteiger partial charge on any atom is -0.399 e. The largest absolute Gasteiger partial charge is 0.494 e. The number of benzene rings is 1. The van der Waals surface area contributed by atoms with Crippen LogP contribution in [0.1, 0.15) is 90.5 Å². The number of carbonyl (C=O) groups is 1. The molecule has 0 radical (unpaired) electrons. The molecule has 0 N–H and O–H groups in total. The lowest BCUT2D eigenvalue weighted by atomic mass is 9.78. The normalized spacial score (nSPS) is 32.0. The first-order valence-corrected chi connectivity index (χ1v) is 13.7. The van der Waals surface area contributed by atoms with Crippen molar-refractivity contribution in [2.45, 2.75) is 108 Å². The minimum absolute atomic E-state index is 0.195. The standard InChI is InChI=1S/C28H40BNO5/c1-25(2)26(3,4)35-29(34-25)21-10-8-20(9-11-21)22-19-27(22)14-16-30(17-15-27)24(31)28(12-13-28)33-23-7-5-6-18-32-23/h8-11,22-23H,5-7,12-19H2,1-4H3/t22-,23?/m1/s1. The van der Waals surface area contributed by atoms with E-state index in [0.717, 1.165) is 70.1 Å². The first kappa shape index (κ1) is 24.0. The molecule has 190 valence electrons. The second kappa shape index (κ2) is 8.30. The fourth-order valence-electron chi connectivity index (χ4n) is 6.23. The monoisotopic (exact) mass is 481 g/mol. The maximum atomic E-state index is 13.3. The van der Waals surface area contributed by atoms with Gasteiger partial charge in [0.05, 0.1) is 11.2 Å². The molecule has 3 saturated heterocycles. The number of carbonyl (C=O) groups excluding carboxylic acids is 1. The van der Waals surface area contributed by atoms with Gasteiger partial charge in [-0.15, -0.1) is 0 Å². The number of rotatable bonds is 5. The van der Waals surface area contributed by atoms with Gasteiger partial charge in [0.25, 0.3) is 5.91 Å². The summed E-state index contributed by atoms with van der Waals surface area (Å²) < 4.78 is 24.4. The molecule has 1 amide bonds. The molecule has 1 aromatic rings. The highest BCUT2D eigenvalue weighted by Gasteiger charge is 2.59. The summed E-state index contributed by atoms with van der Waals surface area (Å²) in [5, 5.41) is 0. The molecule has 0 aromatic heterocycles. The maximum absolute atomic E-state index is 13.3. The third kappa shape index (κ3) is 4.26. The number of hydrogen-bond acceptors (Lipinski definition) is 5. The van der Waals surface area contributed by atoms with Gasteiger partial charge in [-0.1, -0.05) is 24.3 Å². The van der Waals surface area contributed by atoms with Crippen molar-refractivity contribution in [2.24, 2.45) is 5.41 Å². The lowest BCUT2D eigenvalue weighted by Crippen LogP contribution is -2.48. The molecule has 2 aliphatic carbocycles. The third-order valence-electron chi connectivity index (χ3n) is 9.69. The summed E-state index contributed by atoms with van der Waals surface area (Å²) in [4.78, 5) is 15.4. The van der Waals surface area contributed by atoms with Crippen molar-refractivity contribution in [1.82, 2.24) is 4.90 Å². The second-order valence-electron chi connectivity index (χ2n) is 12.6. The van der Waals surface area contributed by atoms with Crippen LogP contribution < -0.4 is 5.46 Å². The van der Waals surface area contributed by atoms with E-state index in [0.29, 0.717) is 11.3 Å². The first-order chi connectivity index (χ1) is 16.6. The molecule has 3 heterocycles. The van der Waals surface area contributed by atoms with Crippen LogP contribution in [-0.2, 0) is 23.6 Å². The van der Waals surface area contributed by atoms with Gasteiger partial charge in [0.1, 0.15) is 5.60 Å². The molecule has 3 aliphatic heterocycles. The van der Waals surface area contributed by atoms with Crippen LogP contribution in [0.2, 0.25) is 0 Å². The number of piperidine rings is 1. The predicted molar refractivity (Wildman–Crippen MR) is 134 cm³/mol.